The molecule has 1 aromatic rings. The van der Waals surface area contributed by atoms with Crippen molar-refractivity contribution in [2.45, 2.75) is 19.9 Å². The third-order valence-electron chi connectivity index (χ3n) is 2.72. The minimum absolute atomic E-state index is 0.0134. The third-order valence-corrected chi connectivity index (χ3v) is 3.56. The normalized spacial score (nSPS) is 12.8. The van der Waals surface area contributed by atoms with E-state index in [9.17, 15) is 4.79 Å². The van der Waals surface area contributed by atoms with Crippen molar-refractivity contribution in [2.24, 2.45) is 0 Å². The number of aliphatic carboxylic acids is 1. The Morgan fingerprint density at radius 2 is 2.12 bits per heavy atom. The molecule has 0 aromatic heterocycles. The van der Waals surface area contributed by atoms with Crippen LogP contribution in [0.4, 0.5) is 0 Å². The molecular formula is C12H15Cl2NO2. The molecule has 1 N–H and O–H groups in total. The molecule has 0 aliphatic carbocycles. The number of carboxylic acid groups (broad SMARTS) is 1. The molecule has 94 valence electrons. The van der Waals surface area contributed by atoms with Crippen LogP contribution >= 0.6 is 23.2 Å². The maximum atomic E-state index is 10.8. The van der Waals surface area contributed by atoms with Gasteiger partial charge in [0.2, 0.25) is 0 Å². The largest absolute Gasteiger partial charge is 0.480 e. The summed E-state index contributed by atoms with van der Waals surface area (Å²) >= 11 is 12.1. The molecule has 5 heteroatoms. The van der Waals surface area contributed by atoms with Crippen LogP contribution in [0.5, 0.6) is 0 Å². The highest BCUT2D eigenvalue weighted by Crippen LogP contribution is 2.32. The summed E-state index contributed by atoms with van der Waals surface area (Å²) in [6.07, 6.45) is 0. The summed E-state index contributed by atoms with van der Waals surface area (Å²) in [5.41, 5.74) is 0.849. The molecule has 0 radical (unpaired) electrons. The first-order valence-electron chi connectivity index (χ1n) is 5.37. The van der Waals surface area contributed by atoms with Crippen LogP contribution in [-0.2, 0) is 4.79 Å². The van der Waals surface area contributed by atoms with Gasteiger partial charge in [0.05, 0.1) is 16.6 Å². The van der Waals surface area contributed by atoms with Crippen LogP contribution in [0.2, 0.25) is 10.0 Å². The van der Waals surface area contributed by atoms with Crippen molar-refractivity contribution >= 4 is 29.2 Å². The van der Waals surface area contributed by atoms with Gasteiger partial charge in [0.1, 0.15) is 0 Å². The van der Waals surface area contributed by atoms with Gasteiger partial charge in [-0.1, -0.05) is 42.3 Å². The van der Waals surface area contributed by atoms with Gasteiger partial charge < -0.3 is 5.11 Å². The maximum Gasteiger partial charge on any atom is 0.317 e. The second-order valence-electron chi connectivity index (χ2n) is 3.78. The van der Waals surface area contributed by atoms with E-state index in [-0.39, 0.29) is 12.6 Å². The predicted molar refractivity (Wildman–Crippen MR) is 69.8 cm³/mol. The molecule has 3 nitrogen and oxygen atoms in total. The zero-order valence-electron chi connectivity index (χ0n) is 9.78. The fourth-order valence-electron chi connectivity index (χ4n) is 1.74. The maximum absolute atomic E-state index is 10.8. The number of benzene rings is 1. The molecule has 0 aliphatic rings. The molecule has 0 bridgehead atoms. The van der Waals surface area contributed by atoms with Gasteiger partial charge in [-0.15, -0.1) is 0 Å². The Bertz CT molecular complexity index is 409. The van der Waals surface area contributed by atoms with Crippen LogP contribution in [0.25, 0.3) is 0 Å². The summed E-state index contributed by atoms with van der Waals surface area (Å²) in [6, 6.07) is 5.31. The Hall–Kier alpha value is -0.770. The van der Waals surface area contributed by atoms with Crippen molar-refractivity contribution in [2.75, 3.05) is 13.1 Å². The summed E-state index contributed by atoms with van der Waals surface area (Å²) in [7, 11) is 0. The van der Waals surface area contributed by atoms with Gasteiger partial charge in [-0.3, -0.25) is 9.69 Å². The second kappa shape index (κ2) is 6.24. The molecule has 17 heavy (non-hydrogen) atoms. The predicted octanol–water partition coefficient (Wildman–Crippen LogP) is 3.46. The quantitative estimate of drug-likeness (QED) is 0.895. The topological polar surface area (TPSA) is 40.5 Å². The van der Waals surface area contributed by atoms with Crippen molar-refractivity contribution in [3.8, 4) is 0 Å². The van der Waals surface area contributed by atoms with E-state index in [0.29, 0.717) is 16.6 Å². The summed E-state index contributed by atoms with van der Waals surface area (Å²) in [5.74, 6) is -0.850. The smallest absolute Gasteiger partial charge is 0.317 e. The fraction of sp³-hybridized carbons (Fsp3) is 0.417. The molecule has 0 aliphatic heterocycles. The zero-order valence-corrected chi connectivity index (χ0v) is 11.3. The Morgan fingerprint density at radius 3 is 2.65 bits per heavy atom. The number of hydrogen-bond donors (Lipinski definition) is 1. The molecule has 1 rings (SSSR count). The molecular weight excluding hydrogens is 261 g/mol. The number of rotatable bonds is 5. The second-order valence-corrected chi connectivity index (χ2v) is 4.56. The van der Waals surface area contributed by atoms with Crippen molar-refractivity contribution in [1.29, 1.82) is 0 Å². The fourth-order valence-corrected chi connectivity index (χ4v) is 2.20. The Morgan fingerprint density at radius 1 is 1.47 bits per heavy atom. The number of carbonyl (C=O) groups is 1. The van der Waals surface area contributed by atoms with Crippen LogP contribution < -0.4 is 0 Å². The first kappa shape index (κ1) is 14.3. The van der Waals surface area contributed by atoms with Gasteiger partial charge in [-0.2, -0.15) is 0 Å². The minimum atomic E-state index is -0.850. The summed E-state index contributed by atoms with van der Waals surface area (Å²) in [4.78, 5) is 12.6. The molecule has 0 saturated heterocycles. The van der Waals surface area contributed by atoms with Gasteiger partial charge in [0.25, 0.3) is 0 Å². The first-order chi connectivity index (χ1) is 7.97. The number of carboxylic acids is 1. The van der Waals surface area contributed by atoms with Crippen molar-refractivity contribution < 1.29 is 9.90 Å². The van der Waals surface area contributed by atoms with E-state index in [1.807, 2.05) is 30.9 Å². The van der Waals surface area contributed by atoms with Crippen LogP contribution in [0.15, 0.2) is 18.2 Å². The van der Waals surface area contributed by atoms with E-state index in [0.717, 1.165) is 5.56 Å². The van der Waals surface area contributed by atoms with E-state index < -0.39 is 5.97 Å². The van der Waals surface area contributed by atoms with Crippen LogP contribution in [0.1, 0.15) is 25.5 Å². The first-order valence-corrected chi connectivity index (χ1v) is 6.12. The average Bonchev–Trinajstić information content (AvgIpc) is 2.28. The lowest BCUT2D eigenvalue weighted by Crippen LogP contribution is -2.32. The van der Waals surface area contributed by atoms with Gasteiger partial charge in [-0.25, -0.2) is 0 Å². The molecule has 1 atom stereocenters. The third kappa shape index (κ3) is 3.60. The number of hydrogen-bond acceptors (Lipinski definition) is 2. The highest BCUT2D eigenvalue weighted by molar-refractivity contribution is 6.42. The van der Waals surface area contributed by atoms with Crippen molar-refractivity contribution in [3.05, 3.63) is 33.8 Å². The average molecular weight is 276 g/mol. The van der Waals surface area contributed by atoms with E-state index >= 15 is 0 Å². The van der Waals surface area contributed by atoms with Gasteiger partial charge in [-0.05, 0) is 25.1 Å². The van der Waals surface area contributed by atoms with Gasteiger partial charge in [0, 0.05) is 6.04 Å². The van der Waals surface area contributed by atoms with E-state index in [1.54, 1.807) is 6.07 Å². The zero-order chi connectivity index (χ0) is 13.0. The monoisotopic (exact) mass is 275 g/mol. The molecule has 0 amide bonds. The SMILES string of the molecule is CCN(CC(=O)O)C(C)c1cccc(Cl)c1Cl. The molecule has 1 aromatic carbocycles. The number of nitrogens with zero attached hydrogens (tertiary/aromatic N) is 1. The Kier molecular flexibility index (Phi) is 5.25. The molecule has 0 fully saturated rings. The molecule has 0 heterocycles. The minimum Gasteiger partial charge on any atom is -0.480 e. The summed E-state index contributed by atoms with van der Waals surface area (Å²) in [6.45, 7) is 4.46. The van der Waals surface area contributed by atoms with Crippen molar-refractivity contribution in [1.82, 2.24) is 4.90 Å². The summed E-state index contributed by atoms with van der Waals surface area (Å²) < 4.78 is 0. The number of halogens is 2. The van der Waals surface area contributed by atoms with Crippen molar-refractivity contribution in [3.63, 3.8) is 0 Å². The van der Waals surface area contributed by atoms with E-state index in [2.05, 4.69) is 0 Å². The van der Waals surface area contributed by atoms with E-state index in [4.69, 9.17) is 28.3 Å². The molecule has 1 unspecified atom stereocenters. The highest BCUT2D eigenvalue weighted by atomic mass is 35.5. The lowest BCUT2D eigenvalue weighted by Gasteiger charge is -2.27. The summed E-state index contributed by atoms with van der Waals surface area (Å²) in [5, 5.41) is 9.81. The van der Waals surface area contributed by atoms with Gasteiger partial charge >= 0.3 is 5.97 Å². The number of likely N-dealkylation sites (N-methyl/N-ethyl adjacent to an activating group) is 1. The molecule has 0 spiro atoms. The van der Waals surface area contributed by atoms with Gasteiger partial charge in [0.15, 0.2) is 0 Å². The van der Waals surface area contributed by atoms with Crippen LogP contribution in [0, 0.1) is 0 Å². The van der Waals surface area contributed by atoms with E-state index in [1.165, 1.54) is 0 Å². The highest BCUT2D eigenvalue weighted by Gasteiger charge is 2.19. The Labute approximate surface area is 111 Å². The Balaban J connectivity index is 2.97. The van der Waals surface area contributed by atoms with Crippen LogP contribution in [-0.4, -0.2) is 29.1 Å². The standard InChI is InChI=1S/C12H15Cl2NO2/c1-3-15(7-11(16)17)8(2)9-5-4-6-10(13)12(9)14/h4-6,8H,3,7H2,1-2H3,(H,16,17). The van der Waals surface area contributed by atoms with Crippen LogP contribution in [0.3, 0.4) is 0 Å². The molecule has 0 saturated carbocycles. The lowest BCUT2D eigenvalue weighted by atomic mass is 10.1. The lowest BCUT2D eigenvalue weighted by molar-refractivity contribution is -0.138.